The summed E-state index contributed by atoms with van der Waals surface area (Å²) in [5, 5.41) is 0.402. The highest BCUT2D eigenvalue weighted by Crippen LogP contribution is 2.27. The van der Waals surface area contributed by atoms with Gasteiger partial charge >= 0.3 is 0 Å². The monoisotopic (exact) mass is 223 g/mol. The van der Waals surface area contributed by atoms with Gasteiger partial charge in [-0.1, -0.05) is 11.6 Å². The Hall–Kier alpha value is -0.480. The van der Waals surface area contributed by atoms with Crippen LogP contribution in [-0.2, 0) is 0 Å². The van der Waals surface area contributed by atoms with E-state index in [1.165, 1.54) is 0 Å². The molecule has 0 spiro atoms. The van der Waals surface area contributed by atoms with Gasteiger partial charge in [-0.05, 0) is 18.2 Å². The highest BCUT2D eigenvalue weighted by molar-refractivity contribution is 7.99. The third-order valence-corrected chi connectivity index (χ3v) is 2.68. The zero-order valence-electron chi connectivity index (χ0n) is 6.64. The summed E-state index contributed by atoms with van der Waals surface area (Å²) >= 11 is 6.76. The quantitative estimate of drug-likeness (QED) is 0.629. The Morgan fingerprint density at radius 3 is 2.69 bits per heavy atom. The lowest BCUT2D eigenvalue weighted by atomic mass is 10.3. The molecular weight excluding hydrogens is 216 g/mol. The van der Waals surface area contributed by atoms with Gasteiger partial charge in [0.05, 0.1) is 16.5 Å². The van der Waals surface area contributed by atoms with Gasteiger partial charge in [0.1, 0.15) is 0 Å². The van der Waals surface area contributed by atoms with Crippen LogP contribution in [0, 0.1) is 0 Å². The van der Waals surface area contributed by atoms with E-state index in [0.717, 1.165) is 11.8 Å². The Balaban J connectivity index is 2.63. The van der Waals surface area contributed by atoms with Gasteiger partial charge in [-0.15, -0.1) is 11.8 Å². The van der Waals surface area contributed by atoms with Crippen molar-refractivity contribution in [1.82, 2.24) is 0 Å². The molecule has 2 N–H and O–H groups in total. The van der Waals surface area contributed by atoms with Gasteiger partial charge in [-0.2, -0.15) is 0 Å². The summed E-state index contributed by atoms with van der Waals surface area (Å²) < 4.78 is 23.6. The molecule has 0 aromatic heterocycles. The number of rotatable bonds is 3. The maximum atomic E-state index is 11.8. The molecule has 1 rings (SSSR count). The Morgan fingerprint density at radius 2 is 2.15 bits per heavy atom. The zero-order valence-corrected chi connectivity index (χ0v) is 8.21. The minimum atomic E-state index is -2.30. The van der Waals surface area contributed by atoms with Gasteiger partial charge < -0.3 is 5.73 Å². The lowest BCUT2D eigenvalue weighted by molar-refractivity contribution is 0.177. The van der Waals surface area contributed by atoms with E-state index in [-0.39, 0.29) is 5.75 Å². The number of hydrogen-bond acceptors (Lipinski definition) is 2. The first-order chi connectivity index (χ1) is 6.09. The van der Waals surface area contributed by atoms with Crippen LogP contribution in [0.1, 0.15) is 0 Å². The van der Waals surface area contributed by atoms with Crippen molar-refractivity contribution in [3.63, 3.8) is 0 Å². The molecule has 72 valence electrons. The third-order valence-electron chi connectivity index (χ3n) is 1.35. The molecule has 0 atom stereocenters. The topological polar surface area (TPSA) is 26.0 Å². The van der Waals surface area contributed by atoms with Crippen LogP contribution in [0.25, 0.3) is 0 Å². The summed E-state index contributed by atoms with van der Waals surface area (Å²) in [4.78, 5) is 0.708. The van der Waals surface area contributed by atoms with Crippen molar-refractivity contribution in [2.24, 2.45) is 0 Å². The minimum Gasteiger partial charge on any atom is -0.398 e. The van der Waals surface area contributed by atoms with Gasteiger partial charge in [-0.25, -0.2) is 8.78 Å². The number of nitrogen functional groups attached to an aromatic ring is 1. The highest BCUT2D eigenvalue weighted by atomic mass is 35.5. The van der Waals surface area contributed by atoms with Crippen molar-refractivity contribution >= 4 is 29.1 Å². The smallest absolute Gasteiger partial charge is 0.247 e. The van der Waals surface area contributed by atoms with Crippen LogP contribution in [0.5, 0.6) is 0 Å². The first kappa shape index (κ1) is 10.6. The fourth-order valence-electron chi connectivity index (χ4n) is 0.757. The molecule has 0 saturated carbocycles. The molecule has 0 fully saturated rings. The molecule has 1 aromatic rings. The van der Waals surface area contributed by atoms with Crippen LogP contribution in [0.2, 0.25) is 5.02 Å². The summed E-state index contributed by atoms with van der Waals surface area (Å²) in [6, 6.07) is 4.87. The largest absolute Gasteiger partial charge is 0.398 e. The molecule has 0 heterocycles. The molecule has 13 heavy (non-hydrogen) atoms. The molecule has 0 aliphatic heterocycles. The predicted molar refractivity (Wildman–Crippen MR) is 52.6 cm³/mol. The van der Waals surface area contributed by atoms with E-state index < -0.39 is 6.43 Å². The molecule has 0 saturated heterocycles. The molecule has 0 amide bonds. The minimum absolute atomic E-state index is 0.222. The lowest BCUT2D eigenvalue weighted by Crippen LogP contribution is -1.93. The number of anilines is 1. The number of benzene rings is 1. The number of hydrogen-bond donors (Lipinski definition) is 1. The number of thioether (sulfide) groups is 1. The van der Waals surface area contributed by atoms with Gasteiger partial charge in [0, 0.05) is 4.90 Å². The van der Waals surface area contributed by atoms with E-state index in [4.69, 9.17) is 17.3 Å². The van der Waals surface area contributed by atoms with E-state index in [1.807, 2.05) is 0 Å². The summed E-state index contributed by atoms with van der Waals surface area (Å²) in [5.74, 6) is -0.222. The maximum Gasteiger partial charge on any atom is 0.247 e. The van der Waals surface area contributed by atoms with Crippen LogP contribution < -0.4 is 5.73 Å². The number of halogens is 3. The van der Waals surface area contributed by atoms with Crippen LogP contribution in [-0.4, -0.2) is 12.2 Å². The average Bonchev–Trinajstić information content (AvgIpc) is 2.07. The van der Waals surface area contributed by atoms with E-state index in [2.05, 4.69) is 0 Å². The average molecular weight is 224 g/mol. The lowest BCUT2D eigenvalue weighted by Gasteiger charge is -2.02. The molecular formula is C8H8ClF2NS. The second kappa shape index (κ2) is 4.67. The zero-order chi connectivity index (χ0) is 9.84. The molecule has 0 unspecified atom stereocenters. The van der Waals surface area contributed by atoms with Crippen molar-refractivity contribution in [1.29, 1.82) is 0 Å². The van der Waals surface area contributed by atoms with Crippen molar-refractivity contribution in [3.05, 3.63) is 23.2 Å². The van der Waals surface area contributed by atoms with E-state index in [9.17, 15) is 8.78 Å². The van der Waals surface area contributed by atoms with Gasteiger partial charge in [0.15, 0.2) is 0 Å². The Kier molecular flexibility index (Phi) is 3.81. The first-order valence-corrected chi connectivity index (χ1v) is 4.92. The Morgan fingerprint density at radius 1 is 1.46 bits per heavy atom. The number of nitrogens with two attached hydrogens (primary N) is 1. The molecule has 0 aliphatic rings. The van der Waals surface area contributed by atoms with Crippen molar-refractivity contribution in [3.8, 4) is 0 Å². The molecule has 5 heteroatoms. The normalized spacial score (nSPS) is 10.8. The van der Waals surface area contributed by atoms with Crippen LogP contribution in [0.4, 0.5) is 14.5 Å². The standard InChI is InChI=1S/C8H8ClF2NS/c9-6-3-5(1-2-7(6)12)13-4-8(10)11/h1-3,8H,4,12H2. The first-order valence-electron chi connectivity index (χ1n) is 3.55. The van der Waals surface area contributed by atoms with Crippen molar-refractivity contribution in [2.45, 2.75) is 11.3 Å². The van der Waals surface area contributed by atoms with E-state index >= 15 is 0 Å². The second-order valence-electron chi connectivity index (χ2n) is 2.39. The van der Waals surface area contributed by atoms with Crippen LogP contribution >= 0.6 is 23.4 Å². The fraction of sp³-hybridized carbons (Fsp3) is 0.250. The molecule has 0 radical (unpaired) electrons. The Labute approximate surface area is 84.3 Å². The SMILES string of the molecule is Nc1ccc(SCC(F)F)cc1Cl. The second-order valence-corrected chi connectivity index (χ2v) is 3.89. The van der Waals surface area contributed by atoms with Gasteiger partial charge in [-0.3, -0.25) is 0 Å². The van der Waals surface area contributed by atoms with Crippen LogP contribution in [0.15, 0.2) is 23.1 Å². The van der Waals surface area contributed by atoms with E-state index in [0.29, 0.717) is 15.6 Å². The molecule has 1 aromatic carbocycles. The van der Waals surface area contributed by atoms with Crippen LogP contribution in [0.3, 0.4) is 0 Å². The third kappa shape index (κ3) is 3.40. The summed E-state index contributed by atoms with van der Waals surface area (Å²) in [5.41, 5.74) is 5.92. The summed E-state index contributed by atoms with van der Waals surface area (Å²) in [6.45, 7) is 0. The summed E-state index contributed by atoms with van der Waals surface area (Å²) in [6.07, 6.45) is -2.30. The highest BCUT2D eigenvalue weighted by Gasteiger charge is 2.04. The fourth-order valence-corrected chi connectivity index (χ4v) is 1.69. The molecule has 0 aliphatic carbocycles. The maximum absolute atomic E-state index is 11.8. The van der Waals surface area contributed by atoms with Crippen molar-refractivity contribution < 1.29 is 8.78 Å². The molecule has 1 nitrogen and oxygen atoms in total. The van der Waals surface area contributed by atoms with Crippen molar-refractivity contribution in [2.75, 3.05) is 11.5 Å². The van der Waals surface area contributed by atoms with E-state index in [1.54, 1.807) is 18.2 Å². The molecule has 0 bridgehead atoms. The summed E-state index contributed by atoms with van der Waals surface area (Å²) in [7, 11) is 0. The Bertz CT molecular complexity index is 293. The van der Waals surface area contributed by atoms with Gasteiger partial charge in [0.2, 0.25) is 6.43 Å². The predicted octanol–water partition coefficient (Wildman–Crippen LogP) is 3.28. The number of alkyl halides is 2. The van der Waals surface area contributed by atoms with Gasteiger partial charge in [0.25, 0.3) is 0 Å².